The summed E-state index contributed by atoms with van der Waals surface area (Å²) >= 11 is -0.223. The van der Waals surface area contributed by atoms with Crippen molar-refractivity contribution in [3.05, 3.63) is 84.2 Å². The second-order valence-electron chi connectivity index (χ2n) is 5.66. The van der Waals surface area contributed by atoms with Crippen LogP contribution in [0.3, 0.4) is 0 Å². The molecule has 144 valence electrons. The number of rotatable bonds is 6. The second-order valence-corrected chi connectivity index (χ2v) is 6.80. The Morgan fingerprint density at radius 2 is 1.82 bits per heavy atom. The molecule has 0 unspecified atom stereocenters. The number of hydrogen-bond donors (Lipinski definition) is 1. The summed E-state index contributed by atoms with van der Waals surface area (Å²) in [7, 11) is 0. The fraction of sp³-hybridized carbons (Fsp3) is 0.100. The number of ether oxygens (including phenoxy) is 1. The molecule has 0 saturated carbocycles. The van der Waals surface area contributed by atoms with Crippen LogP contribution in [0.2, 0.25) is 0 Å². The number of halogens is 3. The van der Waals surface area contributed by atoms with Crippen molar-refractivity contribution in [3.63, 3.8) is 0 Å². The van der Waals surface area contributed by atoms with E-state index in [0.29, 0.717) is 11.4 Å². The van der Waals surface area contributed by atoms with Crippen LogP contribution in [0.4, 0.5) is 18.9 Å². The van der Waals surface area contributed by atoms with Crippen LogP contribution in [-0.4, -0.2) is 16.4 Å². The first kappa shape index (κ1) is 19.8. The Hall–Kier alpha value is -3.00. The fourth-order valence-electron chi connectivity index (χ4n) is 2.32. The van der Waals surface area contributed by atoms with Crippen molar-refractivity contribution in [2.24, 2.45) is 0 Å². The van der Waals surface area contributed by atoms with E-state index in [9.17, 15) is 18.0 Å². The number of carbonyl (C=O) groups is 1. The summed E-state index contributed by atoms with van der Waals surface area (Å²) < 4.78 is 42.8. The zero-order valence-electron chi connectivity index (χ0n) is 14.4. The van der Waals surface area contributed by atoms with Gasteiger partial charge in [-0.3, -0.25) is 9.78 Å². The van der Waals surface area contributed by atoms with Crippen molar-refractivity contribution < 1.29 is 22.7 Å². The lowest BCUT2D eigenvalue weighted by Gasteiger charge is -2.10. The average Bonchev–Trinajstić information content (AvgIpc) is 2.67. The maximum atomic E-state index is 12.4. The van der Waals surface area contributed by atoms with E-state index in [1.165, 1.54) is 24.3 Å². The van der Waals surface area contributed by atoms with Gasteiger partial charge in [-0.25, -0.2) is 0 Å². The third kappa shape index (κ3) is 6.02. The van der Waals surface area contributed by atoms with Gasteiger partial charge in [-0.15, -0.1) is 0 Å². The first-order valence-electron chi connectivity index (χ1n) is 8.19. The lowest BCUT2D eigenvalue weighted by atomic mass is 10.2. The zero-order chi connectivity index (χ0) is 20.0. The molecule has 8 heteroatoms. The van der Waals surface area contributed by atoms with Crippen molar-refractivity contribution in [2.45, 2.75) is 17.0 Å². The second kappa shape index (κ2) is 8.79. The zero-order valence-corrected chi connectivity index (χ0v) is 15.3. The molecule has 0 aliphatic carbocycles. The van der Waals surface area contributed by atoms with Gasteiger partial charge in [0, 0.05) is 28.4 Å². The van der Waals surface area contributed by atoms with Crippen LogP contribution < -0.4 is 10.1 Å². The van der Waals surface area contributed by atoms with Gasteiger partial charge < -0.3 is 10.1 Å². The lowest BCUT2D eigenvalue weighted by molar-refractivity contribution is -0.0328. The maximum Gasteiger partial charge on any atom is 0.446 e. The lowest BCUT2D eigenvalue weighted by Crippen LogP contribution is -2.12. The van der Waals surface area contributed by atoms with Gasteiger partial charge in [-0.05, 0) is 60.3 Å². The van der Waals surface area contributed by atoms with Crippen molar-refractivity contribution in [1.29, 1.82) is 0 Å². The average molecular weight is 404 g/mol. The quantitative estimate of drug-likeness (QED) is 0.549. The van der Waals surface area contributed by atoms with Gasteiger partial charge in [0.25, 0.3) is 5.91 Å². The first-order valence-corrected chi connectivity index (χ1v) is 9.01. The molecular weight excluding hydrogens is 389 g/mol. The summed E-state index contributed by atoms with van der Waals surface area (Å²) in [6.07, 6.45) is 1.67. The van der Waals surface area contributed by atoms with E-state index in [2.05, 4.69) is 10.3 Å². The number of carbonyl (C=O) groups excluding carboxylic acids is 1. The van der Waals surface area contributed by atoms with E-state index in [1.54, 1.807) is 30.5 Å². The molecule has 3 rings (SSSR count). The number of pyridine rings is 1. The van der Waals surface area contributed by atoms with E-state index in [0.717, 1.165) is 5.69 Å². The van der Waals surface area contributed by atoms with Crippen LogP contribution >= 0.6 is 11.8 Å². The molecule has 3 aromatic rings. The van der Waals surface area contributed by atoms with Crippen molar-refractivity contribution in [3.8, 4) is 5.75 Å². The molecule has 0 spiro atoms. The number of nitrogens with one attached hydrogen (secondary N) is 1. The highest BCUT2D eigenvalue weighted by Crippen LogP contribution is 2.36. The molecule has 2 aromatic carbocycles. The third-order valence-corrected chi connectivity index (χ3v) is 4.29. The molecule has 28 heavy (non-hydrogen) atoms. The van der Waals surface area contributed by atoms with Crippen molar-refractivity contribution in [2.75, 3.05) is 5.32 Å². The Morgan fingerprint density at radius 1 is 1.04 bits per heavy atom. The summed E-state index contributed by atoms with van der Waals surface area (Å²) in [5.41, 5.74) is -2.82. The van der Waals surface area contributed by atoms with E-state index in [4.69, 9.17) is 4.74 Å². The number of hydrogen-bond acceptors (Lipinski definition) is 4. The molecule has 0 fully saturated rings. The topological polar surface area (TPSA) is 51.2 Å². The Bertz CT molecular complexity index is 932. The normalized spacial score (nSPS) is 11.1. The van der Waals surface area contributed by atoms with E-state index >= 15 is 0 Å². The Balaban J connectivity index is 1.61. The van der Waals surface area contributed by atoms with E-state index in [-0.39, 0.29) is 28.8 Å². The Morgan fingerprint density at radius 3 is 2.50 bits per heavy atom. The molecule has 1 amide bonds. The molecule has 1 heterocycles. The number of amides is 1. The van der Waals surface area contributed by atoms with Crippen LogP contribution in [0, 0.1) is 0 Å². The van der Waals surface area contributed by atoms with Gasteiger partial charge >= 0.3 is 5.51 Å². The molecule has 1 N–H and O–H groups in total. The van der Waals surface area contributed by atoms with Crippen LogP contribution in [0.25, 0.3) is 0 Å². The minimum atomic E-state index is -4.36. The largest absolute Gasteiger partial charge is 0.487 e. The van der Waals surface area contributed by atoms with Gasteiger partial charge in [0.1, 0.15) is 12.4 Å². The smallest absolute Gasteiger partial charge is 0.446 e. The van der Waals surface area contributed by atoms with Crippen molar-refractivity contribution >= 4 is 23.4 Å². The summed E-state index contributed by atoms with van der Waals surface area (Å²) in [6, 6.07) is 17.6. The number of thioether (sulfide) groups is 1. The molecular formula is C20H15F3N2O2S. The highest BCUT2D eigenvalue weighted by atomic mass is 32.2. The number of nitrogens with zero attached hydrogens (tertiary/aromatic N) is 1. The summed E-state index contributed by atoms with van der Waals surface area (Å²) in [4.78, 5) is 16.5. The van der Waals surface area contributed by atoms with Gasteiger partial charge in [0.15, 0.2) is 0 Å². The SMILES string of the molecule is O=C(Nc1cccc(OCc2ccccn2)c1)c1ccc(SC(F)(F)F)cc1. The number of benzene rings is 2. The standard InChI is InChI=1S/C20H15F3N2O2S/c21-20(22,23)28-18-9-7-14(8-10-18)19(26)25-15-5-3-6-17(12-15)27-13-16-4-1-2-11-24-16/h1-12H,13H2,(H,25,26). The minimum absolute atomic E-state index is 0.0222. The van der Waals surface area contributed by atoms with Gasteiger partial charge in [-0.1, -0.05) is 12.1 Å². The third-order valence-electron chi connectivity index (χ3n) is 3.55. The van der Waals surface area contributed by atoms with Crippen LogP contribution in [0.15, 0.2) is 77.8 Å². The minimum Gasteiger partial charge on any atom is -0.487 e. The summed E-state index contributed by atoms with van der Waals surface area (Å²) in [5.74, 6) is 0.130. The summed E-state index contributed by atoms with van der Waals surface area (Å²) in [5, 5.41) is 2.70. The van der Waals surface area contributed by atoms with Crippen LogP contribution in [0.1, 0.15) is 16.1 Å². The number of aromatic nitrogens is 1. The highest BCUT2D eigenvalue weighted by Gasteiger charge is 2.29. The van der Waals surface area contributed by atoms with E-state index in [1.807, 2.05) is 18.2 Å². The Kier molecular flexibility index (Phi) is 6.20. The highest BCUT2D eigenvalue weighted by molar-refractivity contribution is 8.00. The van der Waals surface area contributed by atoms with E-state index < -0.39 is 11.4 Å². The molecule has 0 saturated heterocycles. The predicted molar refractivity (Wildman–Crippen MR) is 101 cm³/mol. The summed E-state index contributed by atoms with van der Waals surface area (Å²) in [6.45, 7) is 0.288. The molecule has 0 atom stereocenters. The molecule has 4 nitrogen and oxygen atoms in total. The first-order chi connectivity index (χ1) is 13.4. The molecule has 1 aromatic heterocycles. The predicted octanol–water partition coefficient (Wildman–Crippen LogP) is 5.52. The molecule has 0 bridgehead atoms. The monoisotopic (exact) mass is 404 g/mol. The van der Waals surface area contributed by atoms with Gasteiger partial charge in [0.05, 0.1) is 5.69 Å². The van der Waals surface area contributed by atoms with Gasteiger partial charge in [-0.2, -0.15) is 13.2 Å². The molecule has 0 aliphatic rings. The number of alkyl halides is 3. The van der Waals surface area contributed by atoms with Crippen LogP contribution in [-0.2, 0) is 6.61 Å². The maximum absolute atomic E-state index is 12.4. The van der Waals surface area contributed by atoms with Crippen molar-refractivity contribution in [1.82, 2.24) is 4.98 Å². The number of anilines is 1. The van der Waals surface area contributed by atoms with Crippen LogP contribution in [0.5, 0.6) is 5.75 Å². The fourth-order valence-corrected chi connectivity index (χ4v) is 2.86. The molecule has 0 radical (unpaired) electrons. The molecule has 0 aliphatic heterocycles. The van der Waals surface area contributed by atoms with Gasteiger partial charge in [0.2, 0.25) is 0 Å². The Labute approximate surface area is 163 Å².